The Hall–Kier alpha value is -1.86. The van der Waals surface area contributed by atoms with Gasteiger partial charge in [0.25, 0.3) is 0 Å². The summed E-state index contributed by atoms with van der Waals surface area (Å²) in [6.07, 6.45) is 5.17. The topological polar surface area (TPSA) is 26.0 Å². The zero-order chi connectivity index (χ0) is 11.9. The molecule has 0 aromatic heterocycles. The molecular weight excluding hydrogens is 206 g/mol. The average molecular weight is 223 g/mol. The zero-order valence-corrected chi connectivity index (χ0v) is 9.84. The summed E-state index contributed by atoms with van der Waals surface area (Å²) in [5, 5.41) is 0. The van der Waals surface area contributed by atoms with Crippen LogP contribution in [0.25, 0.3) is 17.2 Å². The molecule has 2 aromatic carbocycles. The van der Waals surface area contributed by atoms with Crippen LogP contribution in [-0.4, -0.2) is 6.54 Å². The van der Waals surface area contributed by atoms with Crippen LogP contribution >= 0.6 is 0 Å². The first-order chi connectivity index (χ1) is 8.40. The lowest BCUT2D eigenvalue weighted by molar-refractivity contribution is 1.01. The normalized spacial score (nSPS) is 10.9. The summed E-state index contributed by atoms with van der Waals surface area (Å²) < 4.78 is 0. The van der Waals surface area contributed by atoms with E-state index in [2.05, 4.69) is 60.7 Å². The third kappa shape index (κ3) is 3.30. The Morgan fingerprint density at radius 3 is 2.41 bits per heavy atom. The molecule has 0 aliphatic carbocycles. The molecule has 0 unspecified atom stereocenters. The molecule has 17 heavy (non-hydrogen) atoms. The molecule has 0 bridgehead atoms. The fourth-order valence-electron chi connectivity index (χ4n) is 1.77. The Kier molecular flexibility index (Phi) is 4.11. The molecule has 1 heteroatoms. The molecule has 0 spiro atoms. The van der Waals surface area contributed by atoms with E-state index in [1.807, 2.05) is 6.07 Å². The van der Waals surface area contributed by atoms with Crippen molar-refractivity contribution in [2.24, 2.45) is 5.73 Å². The van der Waals surface area contributed by atoms with Gasteiger partial charge in [0.15, 0.2) is 0 Å². The fourth-order valence-corrected chi connectivity index (χ4v) is 1.77. The number of rotatable bonds is 4. The van der Waals surface area contributed by atoms with Gasteiger partial charge in [-0.1, -0.05) is 60.7 Å². The minimum absolute atomic E-state index is 0.703. The van der Waals surface area contributed by atoms with Gasteiger partial charge in [-0.05, 0) is 35.7 Å². The van der Waals surface area contributed by atoms with Gasteiger partial charge in [0.2, 0.25) is 0 Å². The number of hydrogen-bond donors (Lipinski definition) is 1. The van der Waals surface area contributed by atoms with Crippen LogP contribution < -0.4 is 5.73 Å². The van der Waals surface area contributed by atoms with Gasteiger partial charge < -0.3 is 5.73 Å². The third-order valence-corrected chi connectivity index (χ3v) is 2.64. The van der Waals surface area contributed by atoms with Gasteiger partial charge in [0.1, 0.15) is 0 Å². The van der Waals surface area contributed by atoms with Crippen LogP contribution in [0, 0.1) is 0 Å². The first-order valence-electron chi connectivity index (χ1n) is 5.92. The van der Waals surface area contributed by atoms with E-state index < -0.39 is 0 Å². The van der Waals surface area contributed by atoms with E-state index in [0.717, 1.165) is 6.42 Å². The smallest absolute Gasteiger partial charge is 0.00425 e. The lowest BCUT2D eigenvalue weighted by atomic mass is 10.0. The van der Waals surface area contributed by atoms with Gasteiger partial charge >= 0.3 is 0 Å². The summed E-state index contributed by atoms with van der Waals surface area (Å²) in [5.74, 6) is 0. The number of benzene rings is 2. The second-order valence-electron chi connectivity index (χ2n) is 3.97. The molecule has 2 N–H and O–H groups in total. The standard InChI is InChI=1S/C16H17N/c17-12-5-4-7-14-8-6-11-16(13-14)15-9-2-1-3-10-15/h1-4,6-11,13H,5,12,17H2. The van der Waals surface area contributed by atoms with Crippen molar-refractivity contribution < 1.29 is 0 Å². The highest BCUT2D eigenvalue weighted by molar-refractivity contribution is 5.67. The molecule has 86 valence electrons. The Morgan fingerprint density at radius 2 is 1.65 bits per heavy atom. The van der Waals surface area contributed by atoms with E-state index in [9.17, 15) is 0 Å². The van der Waals surface area contributed by atoms with Gasteiger partial charge in [-0.3, -0.25) is 0 Å². The molecule has 2 aromatic rings. The third-order valence-electron chi connectivity index (χ3n) is 2.64. The Morgan fingerprint density at radius 1 is 0.882 bits per heavy atom. The fraction of sp³-hybridized carbons (Fsp3) is 0.125. The molecule has 1 nitrogen and oxygen atoms in total. The number of nitrogens with two attached hydrogens (primary N) is 1. The first-order valence-corrected chi connectivity index (χ1v) is 5.92. The second-order valence-corrected chi connectivity index (χ2v) is 3.97. The summed E-state index contributed by atoms with van der Waals surface area (Å²) in [4.78, 5) is 0. The Labute approximate surface area is 103 Å². The highest BCUT2D eigenvalue weighted by Gasteiger charge is 1.96. The van der Waals surface area contributed by atoms with E-state index >= 15 is 0 Å². The van der Waals surface area contributed by atoms with Crippen molar-refractivity contribution in [2.75, 3.05) is 6.54 Å². The molecule has 0 amide bonds. The Bertz CT molecular complexity index is 486. The van der Waals surface area contributed by atoms with Crippen LogP contribution in [-0.2, 0) is 0 Å². The van der Waals surface area contributed by atoms with Crippen molar-refractivity contribution in [3.63, 3.8) is 0 Å². The molecule has 0 aliphatic heterocycles. The number of hydrogen-bond acceptors (Lipinski definition) is 1. The maximum absolute atomic E-state index is 5.46. The van der Waals surface area contributed by atoms with Crippen molar-refractivity contribution in [3.8, 4) is 11.1 Å². The van der Waals surface area contributed by atoms with E-state index in [0.29, 0.717) is 6.54 Å². The second kappa shape index (κ2) is 6.02. The summed E-state index contributed by atoms with van der Waals surface area (Å²) in [5.41, 5.74) is 9.19. The predicted molar refractivity (Wildman–Crippen MR) is 74.6 cm³/mol. The zero-order valence-electron chi connectivity index (χ0n) is 9.84. The van der Waals surface area contributed by atoms with Gasteiger partial charge in [-0.2, -0.15) is 0 Å². The maximum Gasteiger partial charge on any atom is -0.00425 e. The molecule has 0 atom stereocenters. The molecule has 0 saturated heterocycles. The maximum atomic E-state index is 5.46. The monoisotopic (exact) mass is 223 g/mol. The van der Waals surface area contributed by atoms with Crippen LogP contribution in [0.3, 0.4) is 0 Å². The largest absolute Gasteiger partial charge is 0.330 e. The summed E-state index contributed by atoms with van der Waals surface area (Å²) in [7, 11) is 0. The van der Waals surface area contributed by atoms with E-state index in [-0.39, 0.29) is 0 Å². The molecule has 0 radical (unpaired) electrons. The lowest BCUT2D eigenvalue weighted by Crippen LogP contribution is -1.94. The molecule has 0 saturated carbocycles. The Balaban J connectivity index is 2.23. The molecular formula is C16H17N. The predicted octanol–water partition coefficient (Wildman–Crippen LogP) is 3.72. The van der Waals surface area contributed by atoms with E-state index in [1.165, 1.54) is 16.7 Å². The van der Waals surface area contributed by atoms with Crippen LogP contribution in [0.15, 0.2) is 60.7 Å². The summed E-state index contributed by atoms with van der Waals surface area (Å²) in [6, 6.07) is 18.9. The SMILES string of the molecule is NCCC=Cc1cccc(-c2ccccc2)c1. The van der Waals surface area contributed by atoms with Crippen molar-refractivity contribution in [2.45, 2.75) is 6.42 Å². The van der Waals surface area contributed by atoms with Crippen molar-refractivity contribution in [3.05, 3.63) is 66.2 Å². The lowest BCUT2D eigenvalue weighted by Gasteiger charge is -2.02. The minimum Gasteiger partial charge on any atom is -0.330 e. The van der Waals surface area contributed by atoms with Crippen LogP contribution in [0.4, 0.5) is 0 Å². The van der Waals surface area contributed by atoms with Crippen molar-refractivity contribution in [1.82, 2.24) is 0 Å². The molecule has 0 aliphatic rings. The highest BCUT2D eigenvalue weighted by Crippen LogP contribution is 2.20. The molecule has 0 fully saturated rings. The van der Waals surface area contributed by atoms with Crippen LogP contribution in [0.5, 0.6) is 0 Å². The highest BCUT2D eigenvalue weighted by atomic mass is 14.5. The van der Waals surface area contributed by atoms with E-state index in [4.69, 9.17) is 5.73 Å². The van der Waals surface area contributed by atoms with Gasteiger partial charge in [0, 0.05) is 0 Å². The van der Waals surface area contributed by atoms with Crippen molar-refractivity contribution >= 4 is 6.08 Å². The first kappa shape index (κ1) is 11.6. The average Bonchev–Trinajstić information content (AvgIpc) is 2.41. The quantitative estimate of drug-likeness (QED) is 0.840. The van der Waals surface area contributed by atoms with E-state index in [1.54, 1.807) is 0 Å². The van der Waals surface area contributed by atoms with Crippen LogP contribution in [0.1, 0.15) is 12.0 Å². The summed E-state index contributed by atoms with van der Waals surface area (Å²) >= 11 is 0. The van der Waals surface area contributed by atoms with Gasteiger partial charge in [0.05, 0.1) is 0 Å². The molecule has 0 heterocycles. The van der Waals surface area contributed by atoms with Gasteiger partial charge in [-0.15, -0.1) is 0 Å². The summed E-state index contributed by atoms with van der Waals surface area (Å²) in [6.45, 7) is 0.703. The minimum atomic E-state index is 0.703. The van der Waals surface area contributed by atoms with Crippen LogP contribution in [0.2, 0.25) is 0 Å². The molecule has 2 rings (SSSR count). The van der Waals surface area contributed by atoms with Crippen molar-refractivity contribution in [1.29, 1.82) is 0 Å². The van der Waals surface area contributed by atoms with Gasteiger partial charge in [-0.25, -0.2) is 0 Å².